The molecule has 1 unspecified atom stereocenters. The van der Waals surface area contributed by atoms with Gasteiger partial charge in [-0.05, 0) is 81.5 Å². The number of carboxylic acids is 1. The van der Waals surface area contributed by atoms with Crippen molar-refractivity contribution in [1.29, 1.82) is 0 Å². The van der Waals surface area contributed by atoms with Crippen LogP contribution in [0.3, 0.4) is 0 Å². The second kappa shape index (κ2) is 12.7. The van der Waals surface area contributed by atoms with E-state index in [9.17, 15) is 15.0 Å². The molecule has 1 aliphatic rings. The normalized spacial score (nSPS) is 14.5. The summed E-state index contributed by atoms with van der Waals surface area (Å²) in [5.74, 6) is -0.852. The van der Waals surface area contributed by atoms with Crippen LogP contribution < -0.4 is 4.31 Å². The fourth-order valence-corrected chi connectivity index (χ4v) is 5.68. The van der Waals surface area contributed by atoms with E-state index >= 15 is 0 Å². The highest BCUT2D eigenvalue weighted by Gasteiger charge is 2.33. The van der Waals surface area contributed by atoms with Crippen molar-refractivity contribution in [1.82, 2.24) is 4.57 Å². The number of aryl methyl sites for hydroxylation is 1. The number of carboxylic acid groups (broad SMARTS) is 1. The van der Waals surface area contributed by atoms with Gasteiger partial charge < -0.3 is 24.2 Å². The van der Waals surface area contributed by atoms with E-state index in [1.807, 2.05) is 37.4 Å². The molecular formula is C29H37ClN2O4S. The Labute approximate surface area is 229 Å². The molecule has 0 bridgehead atoms. The molecule has 0 aliphatic carbocycles. The van der Waals surface area contributed by atoms with Crippen LogP contribution >= 0.6 is 23.5 Å². The average Bonchev–Trinajstić information content (AvgIpc) is 3.14. The second-order valence-electron chi connectivity index (χ2n) is 9.91. The Morgan fingerprint density at radius 2 is 1.76 bits per heavy atom. The number of aliphatic hydroxyl groups is 2. The summed E-state index contributed by atoms with van der Waals surface area (Å²) in [6, 6.07) is 9.91. The molecule has 1 aromatic heterocycles. The maximum Gasteiger partial charge on any atom is 0.307 e. The minimum Gasteiger partial charge on any atom is -0.481 e. The van der Waals surface area contributed by atoms with Crippen LogP contribution in [0.4, 0.5) is 5.69 Å². The first-order valence-electron chi connectivity index (χ1n) is 12.0. The monoisotopic (exact) mass is 544 g/mol. The van der Waals surface area contributed by atoms with Crippen LogP contribution in [0.1, 0.15) is 44.0 Å². The van der Waals surface area contributed by atoms with E-state index in [4.69, 9.17) is 16.7 Å². The molecule has 200 valence electrons. The molecule has 0 radical (unpaired) electrons. The van der Waals surface area contributed by atoms with Crippen molar-refractivity contribution < 1.29 is 20.1 Å². The molecule has 0 spiro atoms. The van der Waals surface area contributed by atoms with Crippen molar-refractivity contribution in [3.05, 3.63) is 52.2 Å². The van der Waals surface area contributed by atoms with E-state index in [-0.39, 0.29) is 19.1 Å². The zero-order valence-corrected chi connectivity index (χ0v) is 24.0. The summed E-state index contributed by atoms with van der Waals surface area (Å²) in [6.07, 6.45) is 10.6. The van der Waals surface area contributed by atoms with Crippen molar-refractivity contribution in [3.8, 4) is 24.0 Å². The molecule has 1 atom stereocenters. The molecule has 3 N–H and O–H groups in total. The van der Waals surface area contributed by atoms with Gasteiger partial charge in [-0.25, -0.2) is 0 Å². The molecule has 0 saturated heterocycles. The van der Waals surface area contributed by atoms with Gasteiger partial charge in [-0.15, -0.1) is 12.8 Å². The fraction of sp³-hybridized carbons (Fsp3) is 0.414. The maximum absolute atomic E-state index is 11.8. The molecule has 2 heterocycles. The summed E-state index contributed by atoms with van der Waals surface area (Å²) >= 11 is 7.74. The molecule has 37 heavy (non-hydrogen) atoms. The van der Waals surface area contributed by atoms with Crippen molar-refractivity contribution >= 4 is 46.1 Å². The minimum atomic E-state index is -0.852. The van der Waals surface area contributed by atoms with E-state index in [2.05, 4.69) is 34.7 Å². The molecule has 1 aliphatic heterocycles. The number of aromatic nitrogens is 1. The SMILES string of the molecule is C#C.CC(C)(C)O.CSN1c2c(C)c(CC(=O)O)c(-c3ccc(Cl)cc3)c3cc(C)n(c23)CC1CCO. The van der Waals surface area contributed by atoms with Crippen LogP contribution in [0, 0.1) is 26.7 Å². The topological polar surface area (TPSA) is 85.9 Å². The Kier molecular flexibility index (Phi) is 10.5. The molecule has 0 amide bonds. The van der Waals surface area contributed by atoms with Gasteiger partial charge in [0.15, 0.2) is 0 Å². The van der Waals surface area contributed by atoms with Crippen LogP contribution in [0.25, 0.3) is 22.0 Å². The average molecular weight is 545 g/mol. The number of terminal acetylenes is 1. The molecule has 6 nitrogen and oxygen atoms in total. The Hall–Kier alpha value is -2.63. The van der Waals surface area contributed by atoms with E-state index in [1.54, 1.807) is 32.7 Å². The van der Waals surface area contributed by atoms with E-state index in [1.165, 1.54) is 0 Å². The van der Waals surface area contributed by atoms with E-state index in [0.29, 0.717) is 11.4 Å². The second-order valence-corrected chi connectivity index (χ2v) is 11.1. The first-order chi connectivity index (χ1) is 17.4. The standard InChI is InChI=1S/C23H25ClN2O3S.C4H10O.C2H2/c1-13-10-19-21(15-4-6-16(24)7-5-15)18(11-20(28)29)14(2)22-23(19)25(13)12-17(8-9-27)26(22)30-3;1-4(2,3)5;1-2/h4-7,10,17,27H,8-9,11-12H2,1-3H3,(H,28,29);5H,1-3H3;1-2H. The lowest BCUT2D eigenvalue weighted by atomic mass is 9.88. The first-order valence-corrected chi connectivity index (χ1v) is 13.6. The van der Waals surface area contributed by atoms with Gasteiger partial charge in [0.05, 0.1) is 29.3 Å². The van der Waals surface area contributed by atoms with Crippen LogP contribution in [0.2, 0.25) is 5.02 Å². The number of aliphatic hydroxyl groups excluding tert-OH is 1. The molecule has 3 aromatic rings. The summed E-state index contributed by atoms with van der Waals surface area (Å²) in [5.41, 5.74) is 6.57. The zero-order valence-electron chi connectivity index (χ0n) is 22.4. The third-order valence-corrected chi connectivity index (χ3v) is 7.10. The largest absolute Gasteiger partial charge is 0.481 e. The lowest BCUT2D eigenvalue weighted by molar-refractivity contribution is -0.136. The predicted molar refractivity (Wildman–Crippen MR) is 157 cm³/mol. The highest BCUT2D eigenvalue weighted by molar-refractivity contribution is 8.00. The van der Waals surface area contributed by atoms with Gasteiger partial charge >= 0.3 is 5.97 Å². The summed E-state index contributed by atoms with van der Waals surface area (Å²) in [5, 5.41) is 29.6. The van der Waals surface area contributed by atoms with Gasteiger partial charge in [0.25, 0.3) is 0 Å². The van der Waals surface area contributed by atoms with Crippen LogP contribution in [0.5, 0.6) is 0 Å². The fourth-order valence-electron chi connectivity index (χ4n) is 4.68. The number of halogens is 1. The van der Waals surface area contributed by atoms with Crippen molar-refractivity contribution in [2.75, 3.05) is 17.2 Å². The minimum absolute atomic E-state index is 0.0517. The number of carbonyl (C=O) groups is 1. The number of rotatable bonds is 6. The predicted octanol–water partition coefficient (Wildman–Crippen LogP) is 6.08. The van der Waals surface area contributed by atoms with Gasteiger partial charge in [-0.3, -0.25) is 4.79 Å². The highest BCUT2D eigenvalue weighted by atomic mass is 35.5. The molecular weight excluding hydrogens is 508 g/mol. The Balaban J connectivity index is 0.000000617. The number of hydrogen-bond donors (Lipinski definition) is 3. The quantitative estimate of drug-likeness (QED) is 0.257. The van der Waals surface area contributed by atoms with E-state index in [0.717, 1.165) is 51.1 Å². The molecule has 0 saturated carbocycles. The number of aliphatic carboxylic acids is 1. The maximum atomic E-state index is 11.8. The van der Waals surface area contributed by atoms with Crippen molar-refractivity contribution in [2.24, 2.45) is 0 Å². The summed E-state index contributed by atoms with van der Waals surface area (Å²) in [4.78, 5) is 11.8. The lowest BCUT2D eigenvalue weighted by Crippen LogP contribution is -2.38. The zero-order chi connectivity index (χ0) is 28.1. The lowest BCUT2D eigenvalue weighted by Gasteiger charge is -2.39. The molecule has 0 fully saturated rings. The van der Waals surface area contributed by atoms with Crippen molar-refractivity contribution in [3.63, 3.8) is 0 Å². The van der Waals surface area contributed by atoms with Gasteiger partial charge in [0.2, 0.25) is 0 Å². The van der Waals surface area contributed by atoms with E-state index < -0.39 is 11.6 Å². The smallest absolute Gasteiger partial charge is 0.307 e. The van der Waals surface area contributed by atoms with Crippen LogP contribution in [-0.2, 0) is 17.8 Å². The Bertz CT molecular complexity index is 1250. The van der Waals surface area contributed by atoms with Crippen LogP contribution in [0.15, 0.2) is 30.3 Å². The van der Waals surface area contributed by atoms with Gasteiger partial charge in [0.1, 0.15) is 0 Å². The van der Waals surface area contributed by atoms with Crippen molar-refractivity contribution in [2.45, 2.75) is 65.6 Å². The number of hydrogen-bond acceptors (Lipinski definition) is 5. The number of anilines is 1. The third kappa shape index (κ3) is 7.03. The molecule has 8 heteroatoms. The first kappa shape index (κ1) is 30.6. The van der Waals surface area contributed by atoms with Gasteiger partial charge in [0, 0.05) is 35.5 Å². The Morgan fingerprint density at radius 3 is 2.24 bits per heavy atom. The molecule has 4 rings (SSSR count). The third-order valence-electron chi connectivity index (χ3n) is 5.97. The Morgan fingerprint density at radius 1 is 1.19 bits per heavy atom. The summed E-state index contributed by atoms with van der Waals surface area (Å²) in [6.45, 7) is 10.2. The number of benzene rings is 2. The number of nitrogens with zero attached hydrogens (tertiary/aromatic N) is 2. The molecule has 2 aromatic carbocycles. The highest BCUT2D eigenvalue weighted by Crippen LogP contribution is 2.47. The van der Waals surface area contributed by atoms with Crippen LogP contribution in [-0.4, -0.2) is 50.4 Å². The van der Waals surface area contributed by atoms with Gasteiger partial charge in [-0.2, -0.15) is 0 Å². The summed E-state index contributed by atoms with van der Waals surface area (Å²) in [7, 11) is 0. The van der Waals surface area contributed by atoms with Gasteiger partial charge in [-0.1, -0.05) is 35.7 Å². The summed E-state index contributed by atoms with van der Waals surface area (Å²) < 4.78 is 4.57.